The number of thiazole rings is 1. The van der Waals surface area contributed by atoms with Gasteiger partial charge in [0, 0.05) is 10.3 Å². The Balaban J connectivity index is 1.95. The summed E-state index contributed by atoms with van der Waals surface area (Å²) in [5, 5.41) is 3.12. The largest absolute Gasteiger partial charge is 0.302 e. The van der Waals surface area contributed by atoms with Crippen molar-refractivity contribution >= 4 is 28.4 Å². The highest BCUT2D eigenvalue weighted by molar-refractivity contribution is 8.00. The summed E-state index contributed by atoms with van der Waals surface area (Å²) in [6.07, 6.45) is 2.21. The number of aryl methyl sites for hydroxylation is 2. The second-order valence-corrected chi connectivity index (χ2v) is 5.57. The Morgan fingerprint density at radius 2 is 2.18 bits per heavy atom. The minimum atomic E-state index is 0.988. The number of anilines is 1. The van der Waals surface area contributed by atoms with E-state index in [1.165, 1.54) is 16.2 Å². The quantitative estimate of drug-likeness (QED) is 0.803. The zero-order valence-corrected chi connectivity index (χ0v) is 11.7. The van der Waals surface area contributed by atoms with Crippen LogP contribution in [0.2, 0.25) is 0 Å². The molecule has 17 heavy (non-hydrogen) atoms. The van der Waals surface area contributed by atoms with Crippen LogP contribution in [0, 0.1) is 6.92 Å². The van der Waals surface area contributed by atoms with Crippen LogP contribution < -0.4 is 4.72 Å². The third kappa shape index (κ3) is 3.48. The van der Waals surface area contributed by atoms with Gasteiger partial charge in [0.05, 0.1) is 5.69 Å². The van der Waals surface area contributed by atoms with Crippen LogP contribution in [0.4, 0.5) is 5.13 Å². The smallest absolute Gasteiger partial charge is 0.193 e. The minimum absolute atomic E-state index is 0.988. The highest BCUT2D eigenvalue weighted by Gasteiger charge is 2.02. The maximum absolute atomic E-state index is 4.53. The molecule has 0 unspecified atom stereocenters. The van der Waals surface area contributed by atoms with E-state index in [2.05, 4.69) is 53.2 Å². The van der Waals surface area contributed by atoms with Gasteiger partial charge in [-0.2, -0.15) is 0 Å². The molecule has 0 aliphatic heterocycles. The van der Waals surface area contributed by atoms with Gasteiger partial charge in [-0.1, -0.05) is 31.5 Å². The number of aromatic nitrogens is 1. The predicted octanol–water partition coefficient (Wildman–Crippen LogP) is 4.52. The van der Waals surface area contributed by atoms with E-state index in [1.807, 2.05) is 0 Å². The molecule has 90 valence electrons. The molecule has 0 bridgehead atoms. The van der Waals surface area contributed by atoms with Crippen LogP contribution in [0.3, 0.4) is 0 Å². The fourth-order valence-corrected chi connectivity index (χ4v) is 3.02. The fraction of sp³-hybridized carbons (Fsp3) is 0.308. The molecule has 0 fully saturated rings. The summed E-state index contributed by atoms with van der Waals surface area (Å²) < 4.78 is 3.30. The van der Waals surface area contributed by atoms with Crippen molar-refractivity contribution in [3.05, 3.63) is 40.9 Å². The Labute approximate surface area is 111 Å². The van der Waals surface area contributed by atoms with Gasteiger partial charge in [-0.3, -0.25) is 0 Å². The molecule has 2 aromatic rings. The summed E-state index contributed by atoms with van der Waals surface area (Å²) in [4.78, 5) is 5.78. The molecule has 2 nitrogen and oxygen atoms in total. The average Bonchev–Trinajstić information content (AvgIpc) is 2.76. The first kappa shape index (κ1) is 12.5. The number of nitrogens with zero attached hydrogens (tertiary/aromatic N) is 1. The molecular weight excluding hydrogens is 248 g/mol. The van der Waals surface area contributed by atoms with Crippen LogP contribution in [0.1, 0.15) is 24.6 Å². The molecule has 0 saturated carbocycles. The van der Waals surface area contributed by atoms with E-state index in [0.29, 0.717) is 0 Å². The zero-order valence-electron chi connectivity index (χ0n) is 10.1. The monoisotopic (exact) mass is 264 g/mol. The number of nitrogens with one attached hydrogen (secondary N) is 1. The number of hydrogen-bond donors (Lipinski definition) is 1. The molecule has 1 aromatic heterocycles. The summed E-state index contributed by atoms with van der Waals surface area (Å²) in [7, 11) is 0. The lowest BCUT2D eigenvalue weighted by molar-refractivity contribution is 0.894. The lowest BCUT2D eigenvalue weighted by atomic mass is 10.2. The Morgan fingerprint density at radius 1 is 1.35 bits per heavy atom. The summed E-state index contributed by atoms with van der Waals surface area (Å²) in [6.45, 7) is 4.29. The van der Waals surface area contributed by atoms with E-state index >= 15 is 0 Å². The number of hydrogen-bond acceptors (Lipinski definition) is 4. The first-order chi connectivity index (χ1) is 8.29. The van der Waals surface area contributed by atoms with Crippen LogP contribution in [-0.4, -0.2) is 4.98 Å². The first-order valence-electron chi connectivity index (χ1n) is 5.72. The molecule has 2 rings (SSSR count). The molecule has 1 aromatic carbocycles. The van der Waals surface area contributed by atoms with E-state index < -0.39 is 0 Å². The van der Waals surface area contributed by atoms with Gasteiger partial charge in [-0.25, -0.2) is 4.98 Å². The fourth-order valence-electron chi connectivity index (χ4n) is 1.49. The first-order valence-corrected chi connectivity index (χ1v) is 7.42. The Bertz CT molecular complexity index is 480. The summed E-state index contributed by atoms with van der Waals surface area (Å²) >= 11 is 3.30. The van der Waals surface area contributed by atoms with Gasteiger partial charge in [0.1, 0.15) is 0 Å². The number of rotatable bonds is 5. The average molecular weight is 264 g/mol. The minimum Gasteiger partial charge on any atom is -0.302 e. The molecule has 0 saturated heterocycles. The molecular formula is C13H16N2S2. The van der Waals surface area contributed by atoms with Crippen LogP contribution in [0.15, 0.2) is 34.5 Å². The van der Waals surface area contributed by atoms with Crippen molar-refractivity contribution in [3.63, 3.8) is 0 Å². The third-order valence-electron chi connectivity index (χ3n) is 2.40. The second-order valence-electron chi connectivity index (χ2n) is 3.86. The highest BCUT2D eigenvalue weighted by atomic mass is 32.2. The van der Waals surface area contributed by atoms with E-state index in [0.717, 1.165) is 18.0 Å². The van der Waals surface area contributed by atoms with Crippen molar-refractivity contribution in [2.75, 3.05) is 4.72 Å². The Morgan fingerprint density at radius 3 is 2.94 bits per heavy atom. The van der Waals surface area contributed by atoms with Crippen LogP contribution in [0.5, 0.6) is 0 Å². The van der Waals surface area contributed by atoms with Gasteiger partial charge in [0.2, 0.25) is 0 Å². The molecule has 0 aliphatic carbocycles. The van der Waals surface area contributed by atoms with Crippen LogP contribution in [0.25, 0.3) is 0 Å². The molecule has 0 radical (unpaired) electrons. The van der Waals surface area contributed by atoms with Crippen molar-refractivity contribution in [2.45, 2.75) is 31.6 Å². The van der Waals surface area contributed by atoms with Crippen LogP contribution in [-0.2, 0) is 6.42 Å². The lowest BCUT2D eigenvalue weighted by Gasteiger charge is -2.04. The van der Waals surface area contributed by atoms with E-state index in [-0.39, 0.29) is 0 Å². The van der Waals surface area contributed by atoms with Gasteiger partial charge < -0.3 is 4.72 Å². The van der Waals surface area contributed by atoms with Crippen molar-refractivity contribution in [2.24, 2.45) is 0 Å². The van der Waals surface area contributed by atoms with E-state index in [4.69, 9.17) is 0 Å². The van der Waals surface area contributed by atoms with Gasteiger partial charge in [0.25, 0.3) is 0 Å². The van der Waals surface area contributed by atoms with Crippen molar-refractivity contribution in [1.82, 2.24) is 4.98 Å². The molecule has 4 heteroatoms. The third-order valence-corrected chi connectivity index (χ3v) is 4.31. The second kappa shape index (κ2) is 6.07. The molecule has 0 aliphatic rings. The SMILES string of the molecule is CCCc1csc(NSc2ccccc2C)n1. The molecule has 0 atom stereocenters. The Hall–Kier alpha value is -1.00. The predicted molar refractivity (Wildman–Crippen MR) is 76.8 cm³/mol. The maximum Gasteiger partial charge on any atom is 0.193 e. The topological polar surface area (TPSA) is 24.9 Å². The standard InChI is InChI=1S/C13H16N2S2/c1-3-6-11-9-16-13(14-11)15-17-12-8-5-4-7-10(12)2/h4-5,7-9H,3,6H2,1-2H3,(H,14,15). The normalized spacial score (nSPS) is 10.5. The molecule has 0 amide bonds. The van der Waals surface area contributed by atoms with Crippen molar-refractivity contribution < 1.29 is 0 Å². The van der Waals surface area contributed by atoms with E-state index in [1.54, 1.807) is 23.3 Å². The van der Waals surface area contributed by atoms with Crippen LogP contribution >= 0.6 is 23.3 Å². The van der Waals surface area contributed by atoms with Gasteiger partial charge >= 0.3 is 0 Å². The van der Waals surface area contributed by atoms with E-state index in [9.17, 15) is 0 Å². The summed E-state index contributed by atoms with van der Waals surface area (Å²) in [5.74, 6) is 0. The van der Waals surface area contributed by atoms with Gasteiger partial charge in [-0.15, -0.1) is 11.3 Å². The lowest BCUT2D eigenvalue weighted by Crippen LogP contribution is -1.89. The Kier molecular flexibility index (Phi) is 4.45. The summed E-state index contributed by atoms with van der Waals surface area (Å²) in [6, 6.07) is 8.35. The molecule has 1 N–H and O–H groups in total. The molecule has 1 heterocycles. The van der Waals surface area contributed by atoms with Crippen molar-refractivity contribution in [3.8, 4) is 0 Å². The van der Waals surface area contributed by atoms with Gasteiger partial charge in [0.15, 0.2) is 5.13 Å². The summed E-state index contributed by atoms with van der Waals surface area (Å²) in [5.41, 5.74) is 2.47. The zero-order chi connectivity index (χ0) is 12.1. The molecule has 0 spiro atoms. The van der Waals surface area contributed by atoms with Gasteiger partial charge in [-0.05, 0) is 36.9 Å². The number of benzene rings is 1. The maximum atomic E-state index is 4.53. The highest BCUT2D eigenvalue weighted by Crippen LogP contribution is 2.26. The van der Waals surface area contributed by atoms with Crippen molar-refractivity contribution in [1.29, 1.82) is 0 Å².